The summed E-state index contributed by atoms with van der Waals surface area (Å²) in [5.41, 5.74) is 0.381. The summed E-state index contributed by atoms with van der Waals surface area (Å²) < 4.78 is 4.66. The smallest absolute Gasteiger partial charge is 0.333 e. The molecule has 0 saturated heterocycles. The van der Waals surface area contributed by atoms with Crippen LogP contribution in [0, 0.1) is 0 Å². The molecule has 19 heavy (non-hydrogen) atoms. The predicted molar refractivity (Wildman–Crippen MR) is 74.4 cm³/mol. The van der Waals surface area contributed by atoms with Gasteiger partial charge >= 0.3 is 5.97 Å². The number of hydrogen-bond donors (Lipinski definition) is 0. The SMILES string of the molecule is COC(=O)C(C)(C)N([O])c1ccc(C(C)(C)C)cc1. The van der Waals surface area contributed by atoms with Gasteiger partial charge in [-0.05, 0) is 37.0 Å². The van der Waals surface area contributed by atoms with Gasteiger partial charge < -0.3 is 4.74 Å². The summed E-state index contributed by atoms with van der Waals surface area (Å²) in [6.07, 6.45) is 0. The zero-order valence-corrected chi connectivity index (χ0v) is 12.5. The molecule has 0 bridgehead atoms. The second kappa shape index (κ2) is 5.21. The molecular weight excluding hydrogens is 242 g/mol. The highest BCUT2D eigenvalue weighted by Gasteiger charge is 2.37. The van der Waals surface area contributed by atoms with Crippen LogP contribution in [-0.4, -0.2) is 18.6 Å². The van der Waals surface area contributed by atoms with E-state index in [0.717, 1.165) is 5.56 Å². The van der Waals surface area contributed by atoms with Crippen molar-refractivity contribution >= 4 is 11.7 Å². The molecule has 0 N–H and O–H groups in total. The van der Waals surface area contributed by atoms with Gasteiger partial charge in [0.05, 0.1) is 12.8 Å². The lowest BCUT2D eigenvalue weighted by molar-refractivity contribution is -0.149. The van der Waals surface area contributed by atoms with E-state index in [0.29, 0.717) is 10.8 Å². The summed E-state index contributed by atoms with van der Waals surface area (Å²) in [5, 5.41) is 12.9. The van der Waals surface area contributed by atoms with Crippen LogP contribution in [0.4, 0.5) is 5.69 Å². The molecule has 4 nitrogen and oxygen atoms in total. The minimum absolute atomic E-state index is 0.0319. The molecule has 0 spiro atoms. The van der Waals surface area contributed by atoms with Crippen molar-refractivity contribution in [3.05, 3.63) is 29.8 Å². The third kappa shape index (κ3) is 3.26. The highest BCUT2D eigenvalue weighted by molar-refractivity contribution is 5.83. The van der Waals surface area contributed by atoms with E-state index in [1.54, 1.807) is 26.0 Å². The van der Waals surface area contributed by atoms with E-state index in [1.807, 2.05) is 12.1 Å². The fourth-order valence-electron chi connectivity index (χ4n) is 1.75. The monoisotopic (exact) mass is 264 g/mol. The average Bonchev–Trinajstić information content (AvgIpc) is 2.35. The van der Waals surface area contributed by atoms with E-state index in [2.05, 4.69) is 25.5 Å². The molecule has 0 aliphatic carbocycles. The van der Waals surface area contributed by atoms with E-state index in [1.165, 1.54) is 7.11 Å². The third-order valence-corrected chi connectivity index (χ3v) is 3.16. The first-order valence-electron chi connectivity index (χ1n) is 6.27. The van der Waals surface area contributed by atoms with Gasteiger partial charge in [0.2, 0.25) is 0 Å². The Morgan fingerprint density at radius 2 is 1.53 bits per heavy atom. The van der Waals surface area contributed by atoms with E-state index < -0.39 is 11.5 Å². The second-order valence-corrected chi connectivity index (χ2v) is 6.14. The number of nitrogens with zero attached hydrogens (tertiary/aromatic N) is 1. The number of ether oxygens (including phenoxy) is 1. The molecule has 0 amide bonds. The lowest BCUT2D eigenvalue weighted by Gasteiger charge is -2.30. The molecule has 4 heteroatoms. The van der Waals surface area contributed by atoms with Crippen LogP contribution >= 0.6 is 0 Å². The first-order valence-corrected chi connectivity index (χ1v) is 6.27. The van der Waals surface area contributed by atoms with Crippen molar-refractivity contribution in [3.8, 4) is 0 Å². The maximum absolute atomic E-state index is 12.2. The van der Waals surface area contributed by atoms with Crippen LogP contribution < -0.4 is 5.06 Å². The maximum atomic E-state index is 12.2. The van der Waals surface area contributed by atoms with Gasteiger partial charge in [-0.15, -0.1) is 0 Å². The van der Waals surface area contributed by atoms with Gasteiger partial charge in [0, 0.05) is 0 Å². The van der Waals surface area contributed by atoms with E-state index >= 15 is 0 Å². The van der Waals surface area contributed by atoms with Crippen LogP contribution in [0.1, 0.15) is 40.2 Å². The number of carbonyl (C=O) groups excluding carboxylic acids is 1. The van der Waals surface area contributed by atoms with Crippen molar-refractivity contribution in [1.82, 2.24) is 0 Å². The van der Waals surface area contributed by atoms with Crippen molar-refractivity contribution in [1.29, 1.82) is 0 Å². The molecule has 1 rings (SSSR count). The van der Waals surface area contributed by atoms with Crippen LogP contribution in [0.25, 0.3) is 0 Å². The van der Waals surface area contributed by atoms with Gasteiger partial charge in [0.15, 0.2) is 5.54 Å². The first kappa shape index (κ1) is 15.5. The number of hydrogen-bond acceptors (Lipinski definition) is 3. The fraction of sp³-hybridized carbons (Fsp3) is 0.533. The fourth-order valence-corrected chi connectivity index (χ4v) is 1.75. The molecule has 0 fully saturated rings. The summed E-state index contributed by atoms with van der Waals surface area (Å²) in [4.78, 5) is 11.6. The van der Waals surface area contributed by atoms with Gasteiger partial charge in [0.1, 0.15) is 0 Å². The largest absolute Gasteiger partial charge is 0.467 e. The summed E-state index contributed by atoms with van der Waals surface area (Å²) in [7, 11) is 1.28. The van der Waals surface area contributed by atoms with E-state index in [4.69, 9.17) is 0 Å². The molecule has 0 aliphatic heterocycles. The number of carbonyl (C=O) groups is 1. The molecule has 0 atom stereocenters. The summed E-state index contributed by atoms with van der Waals surface area (Å²) in [6, 6.07) is 7.29. The Morgan fingerprint density at radius 3 is 1.89 bits per heavy atom. The molecule has 105 valence electrons. The number of hydroxylamine groups is 1. The Morgan fingerprint density at radius 1 is 1.05 bits per heavy atom. The van der Waals surface area contributed by atoms with Gasteiger partial charge in [-0.3, -0.25) is 0 Å². The van der Waals surface area contributed by atoms with Crippen molar-refractivity contribution in [2.75, 3.05) is 12.2 Å². The van der Waals surface area contributed by atoms with Gasteiger partial charge in [-0.25, -0.2) is 9.86 Å². The number of methoxy groups -OCH3 is 1. The van der Waals surface area contributed by atoms with Crippen LogP contribution in [0.5, 0.6) is 0 Å². The zero-order chi connectivity index (χ0) is 14.8. The predicted octanol–water partition coefficient (Wildman–Crippen LogP) is 3.09. The Balaban J connectivity index is 3.02. The molecule has 0 aliphatic rings. The number of benzene rings is 1. The van der Waals surface area contributed by atoms with Crippen molar-refractivity contribution in [2.45, 2.75) is 45.6 Å². The second-order valence-electron chi connectivity index (χ2n) is 6.14. The Kier molecular flexibility index (Phi) is 4.25. The molecule has 0 unspecified atom stereocenters. The highest BCUT2D eigenvalue weighted by atomic mass is 16.5. The molecule has 0 aromatic heterocycles. The van der Waals surface area contributed by atoms with Gasteiger partial charge in [-0.1, -0.05) is 38.1 Å². The molecular formula is C15H22NO3. The molecule has 1 aromatic carbocycles. The summed E-state index contributed by atoms with van der Waals surface area (Å²) in [6.45, 7) is 9.41. The first-order chi connectivity index (χ1) is 8.60. The molecule has 1 radical (unpaired) electrons. The standard InChI is InChI=1S/C15H22NO3/c1-14(2,3)11-7-9-12(10-8-11)16(18)15(4,5)13(17)19-6/h7-10H,1-6H3. The maximum Gasteiger partial charge on any atom is 0.333 e. The average molecular weight is 264 g/mol. The normalized spacial score (nSPS) is 12.2. The third-order valence-electron chi connectivity index (χ3n) is 3.16. The van der Waals surface area contributed by atoms with Gasteiger partial charge in [-0.2, -0.15) is 0 Å². The van der Waals surface area contributed by atoms with Crippen molar-refractivity contribution in [3.63, 3.8) is 0 Å². The Labute approximate surface area is 114 Å². The lowest BCUT2D eigenvalue weighted by Crippen LogP contribution is -2.48. The minimum atomic E-state index is -1.24. The van der Waals surface area contributed by atoms with Crippen LogP contribution in [0.2, 0.25) is 0 Å². The van der Waals surface area contributed by atoms with Crippen molar-refractivity contribution in [2.24, 2.45) is 0 Å². The van der Waals surface area contributed by atoms with Crippen molar-refractivity contribution < 1.29 is 14.7 Å². The number of anilines is 1. The zero-order valence-electron chi connectivity index (χ0n) is 12.5. The topological polar surface area (TPSA) is 49.4 Å². The van der Waals surface area contributed by atoms with E-state index in [-0.39, 0.29) is 5.41 Å². The number of rotatable bonds is 3. The van der Waals surface area contributed by atoms with Gasteiger partial charge in [0.25, 0.3) is 0 Å². The Bertz CT molecular complexity index is 443. The molecule has 1 aromatic rings. The highest BCUT2D eigenvalue weighted by Crippen LogP contribution is 2.27. The van der Waals surface area contributed by atoms with E-state index in [9.17, 15) is 10.0 Å². The quantitative estimate of drug-likeness (QED) is 0.622. The molecule has 0 heterocycles. The van der Waals surface area contributed by atoms with Crippen LogP contribution in [-0.2, 0) is 20.2 Å². The lowest BCUT2D eigenvalue weighted by atomic mass is 9.87. The molecule has 0 saturated carbocycles. The summed E-state index contributed by atoms with van der Waals surface area (Å²) in [5.74, 6) is -0.553. The number of esters is 1. The Hall–Kier alpha value is -1.55. The van der Waals surface area contributed by atoms with Crippen LogP contribution in [0.15, 0.2) is 24.3 Å². The minimum Gasteiger partial charge on any atom is -0.467 e. The van der Waals surface area contributed by atoms with Crippen LogP contribution in [0.3, 0.4) is 0 Å². The summed E-state index contributed by atoms with van der Waals surface area (Å²) >= 11 is 0.